The third kappa shape index (κ3) is 1.80. The maximum atomic E-state index is 6.08. The van der Waals surface area contributed by atoms with Crippen LogP contribution in [0.5, 0.6) is 0 Å². The molecule has 1 heterocycles. The minimum absolute atomic E-state index is 0.0914. The van der Waals surface area contributed by atoms with Crippen molar-refractivity contribution in [3.05, 3.63) is 46.7 Å². The predicted octanol–water partition coefficient (Wildman–Crippen LogP) is 2.92. The molecule has 0 amide bonds. The summed E-state index contributed by atoms with van der Waals surface area (Å²) in [7, 11) is 0. The second kappa shape index (κ2) is 3.84. The van der Waals surface area contributed by atoms with Gasteiger partial charge in [-0.3, -0.25) is 4.99 Å². The van der Waals surface area contributed by atoms with Gasteiger partial charge in [0.2, 0.25) is 0 Å². The molecule has 1 aromatic carbocycles. The number of hydrogen-bond donors (Lipinski definition) is 1. The molecule has 14 heavy (non-hydrogen) atoms. The third-order valence-electron chi connectivity index (χ3n) is 2.13. The highest BCUT2D eigenvalue weighted by molar-refractivity contribution is 6.31. The van der Waals surface area contributed by atoms with Crippen LogP contribution in [-0.4, -0.2) is 6.21 Å². The Morgan fingerprint density at radius 2 is 2.14 bits per heavy atom. The van der Waals surface area contributed by atoms with Crippen LogP contribution >= 0.6 is 11.6 Å². The van der Waals surface area contributed by atoms with Gasteiger partial charge in [-0.2, -0.15) is 0 Å². The Hall–Kier alpha value is -1.28. The number of nitrogens with zero attached hydrogens (tertiary/aromatic N) is 1. The van der Waals surface area contributed by atoms with E-state index in [1.807, 2.05) is 37.4 Å². The van der Waals surface area contributed by atoms with E-state index in [9.17, 15) is 0 Å². The van der Waals surface area contributed by atoms with Crippen LogP contribution in [0.3, 0.4) is 0 Å². The molecule has 1 unspecified atom stereocenters. The van der Waals surface area contributed by atoms with Gasteiger partial charge in [-0.25, -0.2) is 0 Å². The van der Waals surface area contributed by atoms with Gasteiger partial charge in [0, 0.05) is 23.1 Å². The van der Waals surface area contributed by atoms with Gasteiger partial charge >= 0.3 is 0 Å². The SMILES string of the molecule is CC1=CN=CC(c2ccccc2Cl)N1. The molecule has 0 saturated heterocycles. The highest BCUT2D eigenvalue weighted by Crippen LogP contribution is 2.23. The second-order valence-electron chi connectivity index (χ2n) is 3.25. The molecule has 2 nitrogen and oxygen atoms in total. The van der Waals surface area contributed by atoms with E-state index >= 15 is 0 Å². The molecule has 0 bridgehead atoms. The highest BCUT2D eigenvalue weighted by atomic mass is 35.5. The highest BCUT2D eigenvalue weighted by Gasteiger charge is 2.13. The second-order valence-corrected chi connectivity index (χ2v) is 3.66. The summed E-state index contributed by atoms with van der Waals surface area (Å²) in [5.74, 6) is 0. The first-order valence-corrected chi connectivity index (χ1v) is 4.86. The number of nitrogens with one attached hydrogen (secondary N) is 1. The minimum Gasteiger partial charge on any atom is -0.376 e. The summed E-state index contributed by atoms with van der Waals surface area (Å²) in [5.41, 5.74) is 2.11. The van der Waals surface area contributed by atoms with E-state index in [1.165, 1.54) is 0 Å². The lowest BCUT2D eigenvalue weighted by atomic mass is 10.1. The van der Waals surface area contributed by atoms with Crippen molar-refractivity contribution in [2.45, 2.75) is 13.0 Å². The number of hydrogen-bond acceptors (Lipinski definition) is 2. The Morgan fingerprint density at radius 1 is 1.36 bits per heavy atom. The first-order chi connectivity index (χ1) is 6.77. The van der Waals surface area contributed by atoms with Crippen molar-refractivity contribution in [2.24, 2.45) is 4.99 Å². The normalized spacial score (nSPS) is 20.1. The lowest BCUT2D eigenvalue weighted by Gasteiger charge is -2.19. The monoisotopic (exact) mass is 206 g/mol. The lowest BCUT2D eigenvalue weighted by Crippen LogP contribution is -2.23. The molecular formula is C11H11ClN2. The molecule has 0 aromatic heterocycles. The summed E-state index contributed by atoms with van der Waals surface area (Å²) in [5, 5.41) is 4.07. The number of aliphatic imine (C=N–C) groups is 1. The zero-order chi connectivity index (χ0) is 9.97. The van der Waals surface area contributed by atoms with Gasteiger partial charge in [-0.05, 0) is 18.6 Å². The van der Waals surface area contributed by atoms with Crippen LogP contribution in [0.4, 0.5) is 0 Å². The Bertz CT molecular complexity index is 396. The fourth-order valence-corrected chi connectivity index (χ4v) is 1.70. The molecule has 0 aliphatic carbocycles. The standard InChI is InChI=1S/C11H11ClN2/c1-8-6-13-7-11(14-8)9-4-2-3-5-10(9)12/h2-7,11,14H,1H3. The maximum Gasteiger partial charge on any atom is 0.0882 e. The molecule has 3 heteroatoms. The number of allylic oxidation sites excluding steroid dienone is 1. The minimum atomic E-state index is 0.0914. The molecule has 1 aliphatic heterocycles. The van der Waals surface area contributed by atoms with E-state index in [0.717, 1.165) is 16.3 Å². The van der Waals surface area contributed by atoms with E-state index in [4.69, 9.17) is 11.6 Å². The first-order valence-electron chi connectivity index (χ1n) is 4.48. The molecule has 0 saturated carbocycles. The Morgan fingerprint density at radius 3 is 2.86 bits per heavy atom. The Balaban J connectivity index is 2.29. The van der Waals surface area contributed by atoms with Crippen molar-refractivity contribution in [2.75, 3.05) is 0 Å². The van der Waals surface area contributed by atoms with Crippen molar-refractivity contribution >= 4 is 17.8 Å². The van der Waals surface area contributed by atoms with Gasteiger partial charge in [0.1, 0.15) is 0 Å². The van der Waals surface area contributed by atoms with E-state index in [0.29, 0.717) is 0 Å². The largest absolute Gasteiger partial charge is 0.376 e. The van der Waals surface area contributed by atoms with Gasteiger partial charge in [-0.1, -0.05) is 29.8 Å². The van der Waals surface area contributed by atoms with Gasteiger partial charge < -0.3 is 5.32 Å². The smallest absolute Gasteiger partial charge is 0.0882 e. The van der Waals surface area contributed by atoms with Crippen molar-refractivity contribution in [1.82, 2.24) is 5.32 Å². The summed E-state index contributed by atoms with van der Waals surface area (Å²) >= 11 is 6.08. The number of benzene rings is 1. The average Bonchev–Trinajstić information content (AvgIpc) is 2.18. The molecule has 0 radical (unpaired) electrons. The van der Waals surface area contributed by atoms with E-state index in [2.05, 4.69) is 10.3 Å². The molecule has 72 valence electrons. The molecule has 1 atom stereocenters. The fourth-order valence-electron chi connectivity index (χ4n) is 1.45. The molecule has 1 aromatic rings. The molecule has 2 rings (SSSR count). The average molecular weight is 207 g/mol. The van der Waals surface area contributed by atoms with Crippen molar-refractivity contribution in [3.63, 3.8) is 0 Å². The number of halogens is 1. The van der Waals surface area contributed by atoms with Crippen LogP contribution in [0.2, 0.25) is 5.02 Å². The van der Waals surface area contributed by atoms with Gasteiger partial charge in [0.15, 0.2) is 0 Å². The molecule has 0 spiro atoms. The predicted molar refractivity (Wildman–Crippen MR) is 59.6 cm³/mol. The van der Waals surface area contributed by atoms with Crippen molar-refractivity contribution < 1.29 is 0 Å². The van der Waals surface area contributed by atoms with Crippen LogP contribution in [0.15, 0.2) is 41.2 Å². The van der Waals surface area contributed by atoms with E-state index < -0.39 is 0 Å². The van der Waals surface area contributed by atoms with Crippen LogP contribution < -0.4 is 5.32 Å². The third-order valence-corrected chi connectivity index (χ3v) is 2.47. The van der Waals surface area contributed by atoms with Crippen LogP contribution in [0.25, 0.3) is 0 Å². The molecular weight excluding hydrogens is 196 g/mol. The first kappa shape index (κ1) is 9.28. The Kier molecular flexibility index (Phi) is 2.55. The summed E-state index contributed by atoms with van der Waals surface area (Å²) in [6, 6.07) is 7.89. The fraction of sp³-hybridized carbons (Fsp3) is 0.182. The van der Waals surface area contributed by atoms with Crippen molar-refractivity contribution in [1.29, 1.82) is 0 Å². The van der Waals surface area contributed by atoms with E-state index in [1.54, 1.807) is 6.20 Å². The van der Waals surface area contributed by atoms with Gasteiger partial charge in [-0.15, -0.1) is 0 Å². The lowest BCUT2D eigenvalue weighted by molar-refractivity contribution is 0.744. The summed E-state index contributed by atoms with van der Waals surface area (Å²) < 4.78 is 0. The maximum absolute atomic E-state index is 6.08. The molecule has 0 fully saturated rings. The summed E-state index contributed by atoms with van der Waals surface area (Å²) in [6.45, 7) is 1.99. The van der Waals surface area contributed by atoms with Crippen LogP contribution in [-0.2, 0) is 0 Å². The van der Waals surface area contributed by atoms with Crippen LogP contribution in [0, 0.1) is 0 Å². The zero-order valence-corrected chi connectivity index (χ0v) is 8.62. The van der Waals surface area contributed by atoms with Gasteiger partial charge in [0.25, 0.3) is 0 Å². The zero-order valence-electron chi connectivity index (χ0n) is 7.87. The molecule has 1 aliphatic rings. The topological polar surface area (TPSA) is 24.4 Å². The molecule has 1 N–H and O–H groups in total. The Labute approximate surface area is 88.3 Å². The summed E-state index contributed by atoms with van der Waals surface area (Å²) in [4.78, 5) is 4.15. The summed E-state index contributed by atoms with van der Waals surface area (Å²) in [6.07, 6.45) is 3.65. The van der Waals surface area contributed by atoms with E-state index in [-0.39, 0.29) is 6.04 Å². The quantitative estimate of drug-likeness (QED) is 0.751. The van der Waals surface area contributed by atoms with Crippen LogP contribution in [0.1, 0.15) is 18.5 Å². The van der Waals surface area contributed by atoms with Gasteiger partial charge in [0.05, 0.1) is 6.04 Å². The van der Waals surface area contributed by atoms with Crippen molar-refractivity contribution in [3.8, 4) is 0 Å². The number of rotatable bonds is 1.